The molecule has 5 nitrogen and oxygen atoms in total. The fourth-order valence-electron chi connectivity index (χ4n) is 2.19. The zero-order chi connectivity index (χ0) is 16.1. The van der Waals surface area contributed by atoms with Gasteiger partial charge in [0.25, 0.3) is 0 Å². The maximum atomic E-state index is 9.49. The number of nitrogens with one attached hydrogen (secondary N) is 1. The maximum Gasteiger partial charge on any atom is 0.0942 e. The summed E-state index contributed by atoms with van der Waals surface area (Å²) >= 11 is 0. The second-order valence-electron chi connectivity index (χ2n) is 5.46. The molecule has 0 fully saturated rings. The molecule has 0 aliphatic carbocycles. The van der Waals surface area contributed by atoms with Crippen molar-refractivity contribution in [3.63, 3.8) is 0 Å². The molecule has 118 valence electrons. The van der Waals surface area contributed by atoms with Gasteiger partial charge < -0.3 is 26.2 Å². The lowest BCUT2D eigenvalue weighted by Crippen LogP contribution is -2.23. The molecular weight excluding hydrogens is 278 g/mol. The molecule has 1 atom stereocenters. The van der Waals surface area contributed by atoms with E-state index in [0.29, 0.717) is 5.69 Å². The Morgan fingerprint density at radius 3 is 2.41 bits per heavy atom. The molecule has 0 spiro atoms. The van der Waals surface area contributed by atoms with E-state index >= 15 is 0 Å². The number of hydrogen-bond acceptors (Lipinski definition) is 5. The van der Waals surface area contributed by atoms with Crippen molar-refractivity contribution >= 4 is 17.1 Å². The monoisotopic (exact) mass is 301 g/mol. The molecule has 0 aliphatic rings. The fourth-order valence-corrected chi connectivity index (χ4v) is 2.19. The first-order valence-electron chi connectivity index (χ1n) is 7.21. The largest absolute Gasteiger partial charge is 0.399 e. The molecule has 0 saturated heterocycles. The molecule has 5 heteroatoms. The summed E-state index contributed by atoms with van der Waals surface area (Å²) < 4.78 is 0. The molecular formula is C17H23N3O2. The van der Waals surface area contributed by atoms with Gasteiger partial charge in [0.15, 0.2) is 0 Å². The van der Waals surface area contributed by atoms with Crippen LogP contribution in [0.4, 0.5) is 17.1 Å². The van der Waals surface area contributed by atoms with Gasteiger partial charge in [-0.2, -0.15) is 0 Å². The Bertz CT molecular complexity index is 612. The molecule has 0 aromatic heterocycles. The van der Waals surface area contributed by atoms with Crippen LogP contribution in [0.15, 0.2) is 42.5 Å². The molecule has 5 N–H and O–H groups in total. The molecule has 0 heterocycles. The zero-order valence-corrected chi connectivity index (χ0v) is 13.0. The molecule has 0 aliphatic heterocycles. The first kappa shape index (κ1) is 16.1. The van der Waals surface area contributed by atoms with Crippen LogP contribution in [0.2, 0.25) is 0 Å². The molecule has 22 heavy (non-hydrogen) atoms. The lowest BCUT2D eigenvalue weighted by Gasteiger charge is -2.16. The van der Waals surface area contributed by atoms with Crippen LogP contribution in [0.1, 0.15) is 0 Å². The Balaban J connectivity index is 2.30. The summed E-state index contributed by atoms with van der Waals surface area (Å²) in [5, 5.41) is 21.6. The molecule has 0 radical (unpaired) electrons. The first-order chi connectivity index (χ1) is 10.5. The van der Waals surface area contributed by atoms with Gasteiger partial charge in [-0.05, 0) is 35.9 Å². The highest BCUT2D eigenvalue weighted by atomic mass is 16.3. The number of nitrogens with two attached hydrogens (primary N) is 1. The standard InChI is InChI=1S/C17H23N3O2/c1-20(2)14-6-3-12(4-7-14)16-9-13(18)5-8-17(16)19-10-15(22)11-21/h3-9,15,19,21-22H,10-11,18H2,1-2H3. The van der Waals surface area contributed by atoms with E-state index in [2.05, 4.69) is 5.32 Å². The van der Waals surface area contributed by atoms with Crippen LogP contribution in [-0.2, 0) is 0 Å². The average molecular weight is 301 g/mol. The zero-order valence-electron chi connectivity index (χ0n) is 13.0. The second kappa shape index (κ2) is 7.15. The van der Waals surface area contributed by atoms with Crippen molar-refractivity contribution in [2.24, 2.45) is 0 Å². The van der Waals surface area contributed by atoms with Crippen LogP contribution in [0.25, 0.3) is 11.1 Å². The minimum Gasteiger partial charge on any atom is -0.399 e. The van der Waals surface area contributed by atoms with E-state index < -0.39 is 6.10 Å². The number of aliphatic hydroxyl groups is 2. The molecule has 1 unspecified atom stereocenters. The Morgan fingerprint density at radius 1 is 1.14 bits per heavy atom. The van der Waals surface area contributed by atoms with Crippen molar-refractivity contribution in [3.05, 3.63) is 42.5 Å². The van der Waals surface area contributed by atoms with Gasteiger partial charge >= 0.3 is 0 Å². The van der Waals surface area contributed by atoms with Crippen LogP contribution in [-0.4, -0.2) is 43.6 Å². The third-order valence-corrected chi connectivity index (χ3v) is 3.48. The number of aliphatic hydroxyl groups excluding tert-OH is 2. The number of anilines is 3. The Labute approximate surface area is 131 Å². The average Bonchev–Trinajstić information content (AvgIpc) is 2.53. The predicted molar refractivity (Wildman–Crippen MR) is 92.2 cm³/mol. The summed E-state index contributed by atoms with van der Waals surface area (Å²) in [5.74, 6) is 0. The van der Waals surface area contributed by atoms with E-state index in [1.165, 1.54) is 0 Å². The quantitative estimate of drug-likeness (QED) is 0.611. The highest BCUT2D eigenvalue weighted by molar-refractivity contribution is 5.81. The van der Waals surface area contributed by atoms with Gasteiger partial charge in [0, 0.05) is 43.3 Å². The van der Waals surface area contributed by atoms with Crippen molar-refractivity contribution in [1.82, 2.24) is 0 Å². The van der Waals surface area contributed by atoms with Gasteiger partial charge in [-0.15, -0.1) is 0 Å². The van der Waals surface area contributed by atoms with Gasteiger partial charge in [0.1, 0.15) is 0 Å². The number of nitrogen functional groups attached to an aromatic ring is 1. The first-order valence-corrected chi connectivity index (χ1v) is 7.21. The topological polar surface area (TPSA) is 81.8 Å². The van der Waals surface area contributed by atoms with Crippen LogP contribution in [0.5, 0.6) is 0 Å². The summed E-state index contributed by atoms with van der Waals surface area (Å²) in [6, 6.07) is 13.8. The van der Waals surface area contributed by atoms with Gasteiger partial charge in [0.2, 0.25) is 0 Å². The molecule has 2 aromatic carbocycles. The number of rotatable bonds is 6. The maximum absolute atomic E-state index is 9.49. The molecule has 0 bridgehead atoms. The molecule has 0 amide bonds. The summed E-state index contributed by atoms with van der Waals surface area (Å²) in [5.41, 5.74) is 10.6. The van der Waals surface area contributed by atoms with Crippen molar-refractivity contribution in [2.75, 3.05) is 43.2 Å². The van der Waals surface area contributed by atoms with Gasteiger partial charge in [-0.1, -0.05) is 12.1 Å². The van der Waals surface area contributed by atoms with Gasteiger partial charge in [0.05, 0.1) is 12.7 Å². The summed E-state index contributed by atoms with van der Waals surface area (Å²) in [7, 11) is 4.00. The molecule has 2 rings (SSSR count). The molecule has 2 aromatic rings. The number of hydrogen-bond donors (Lipinski definition) is 4. The SMILES string of the molecule is CN(C)c1ccc(-c2cc(N)ccc2NCC(O)CO)cc1. The number of benzene rings is 2. The van der Waals surface area contributed by atoms with E-state index in [1.54, 1.807) is 0 Å². The van der Waals surface area contributed by atoms with Crippen molar-refractivity contribution in [3.8, 4) is 11.1 Å². The Hall–Kier alpha value is -2.24. The van der Waals surface area contributed by atoms with E-state index in [9.17, 15) is 5.11 Å². The summed E-state index contributed by atoms with van der Waals surface area (Å²) in [6.45, 7) is 0.0119. The third-order valence-electron chi connectivity index (χ3n) is 3.48. The smallest absolute Gasteiger partial charge is 0.0942 e. The Morgan fingerprint density at radius 2 is 1.82 bits per heavy atom. The third kappa shape index (κ3) is 3.90. The normalized spacial score (nSPS) is 12.0. The minimum atomic E-state index is -0.790. The lowest BCUT2D eigenvalue weighted by atomic mass is 10.0. The fraction of sp³-hybridized carbons (Fsp3) is 0.294. The summed E-state index contributed by atoms with van der Waals surface area (Å²) in [4.78, 5) is 2.04. The van der Waals surface area contributed by atoms with Gasteiger partial charge in [-0.3, -0.25) is 0 Å². The van der Waals surface area contributed by atoms with Crippen molar-refractivity contribution in [1.29, 1.82) is 0 Å². The van der Waals surface area contributed by atoms with Crippen molar-refractivity contribution in [2.45, 2.75) is 6.10 Å². The molecule has 0 saturated carbocycles. The van der Waals surface area contributed by atoms with Crippen LogP contribution >= 0.6 is 0 Å². The van der Waals surface area contributed by atoms with E-state index in [-0.39, 0.29) is 13.2 Å². The highest BCUT2D eigenvalue weighted by Gasteiger charge is 2.08. The lowest BCUT2D eigenvalue weighted by molar-refractivity contribution is 0.105. The summed E-state index contributed by atoms with van der Waals surface area (Å²) in [6.07, 6.45) is -0.790. The number of nitrogens with zero attached hydrogens (tertiary/aromatic N) is 1. The van der Waals surface area contributed by atoms with Gasteiger partial charge in [-0.25, -0.2) is 0 Å². The van der Waals surface area contributed by atoms with Crippen LogP contribution in [0.3, 0.4) is 0 Å². The highest BCUT2D eigenvalue weighted by Crippen LogP contribution is 2.31. The minimum absolute atomic E-state index is 0.269. The van der Waals surface area contributed by atoms with Crippen LogP contribution < -0.4 is 16.0 Å². The van der Waals surface area contributed by atoms with E-state index in [4.69, 9.17) is 10.8 Å². The van der Waals surface area contributed by atoms with E-state index in [0.717, 1.165) is 22.5 Å². The van der Waals surface area contributed by atoms with E-state index in [1.807, 2.05) is 61.5 Å². The Kier molecular flexibility index (Phi) is 5.25. The predicted octanol–water partition coefficient (Wildman–Crippen LogP) is 1.77. The van der Waals surface area contributed by atoms with Crippen molar-refractivity contribution < 1.29 is 10.2 Å². The van der Waals surface area contributed by atoms with Crippen LogP contribution in [0, 0.1) is 0 Å². The second-order valence-corrected chi connectivity index (χ2v) is 5.46.